The first-order valence-corrected chi connectivity index (χ1v) is 8.32. The summed E-state index contributed by atoms with van der Waals surface area (Å²) >= 11 is 0. The molecule has 4 aromatic heterocycles. The quantitative estimate of drug-likeness (QED) is 0.462. The lowest BCUT2D eigenvalue weighted by atomic mass is 10.1. The minimum Gasteiger partial charge on any atom is -0.285 e. The van der Waals surface area contributed by atoms with Gasteiger partial charge in [0.15, 0.2) is 11.5 Å². The molecule has 0 amide bonds. The van der Waals surface area contributed by atoms with Gasteiger partial charge in [0.25, 0.3) is 0 Å². The molecule has 9 heteroatoms. The summed E-state index contributed by atoms with van der Waals surface area (Å²) in [7, 11) is 0. The molecule has 5 aromatic rings. The summed E-state index contributed by atoms with van der Waals surface area (Å²) in [5.41, 5.74) is 0.494. The summed E-state index contributed by atoms with van der Waals surface area (Å²) in [6.07, 6.45) is 2.18. The Balaban J connectivity index is 1.65. The van der Waals surface area contributed by atoms with Crippen LogP contribution >= 0.6 is 0 Å². The summed E-state index contributed by atoms with van der Waals surface area (Å²) < 4.78 is 42.8. The van der Waals surface area contributed by atoms with E-state index < -0.39 is 11.7 Å². The van der Waals surface area contributed by atoms with Crippen molar-refractivity contribution in [2.45, 2.75) is 6.18 Å². The Morgan fingerprint density at radius 1 is 0.857 bits per heavy atom. The highest BCUT2D eigenvalue weighted by molar-refractivity contribution is 5.86. The van der Waals surface area contributed by atoms with Gasteiger partial charge in [-0.15, -0.1) is 10.2 Å². The van der Waals surface area contributed by atoms with Crippen LogP contribution in [0.3, 0.4) is 0 Å². The SMILES string of the molecule is FC(F)(F)c1cccn2c(-c3ccc4c(ccn4-c4ncccn4)c3)nnc12. The highest BCUT2D eigenvalue weighted by Crippen LogP contribution is 2.33. The minimum atomic E-state index is -4.50. The maximum absolute atomic E-state index is 13.2. The standard InChI is InChI=1S/C19H11F3N6/c20-19(21,22)14-3-1-9-28-16(25-26-17(14)28)13-4-5-15-12(11-13)6-10-27(15)18-23-7-2-8-24-18/h1-11H. The van der Waals surface area contributed by atoms with E-state index in [9.17, 15) is 13.2 Å². The van der Waals surface area contributed by atoms with Gasteiger partial charge in [-0.3, -0.25) is 8.97 Å². The molecule has 0 atom stereocenters. The molecule has 0 radical (unpaired) electrons. The topological polar surface area (TPSA) is 60.9 Å². The van der Waals surface area contributed by atoms with Crippen molar-refractivity contribution in [3.05, 3.63) is 72.8 Å². The van der Waals surface area contributed by atoms with Gasteiger partial charge < -0.3 is 0 Å². The average Bonchev–Trinajstić information content (AvgIpc) is 3.31. The van der Waals surface area contributed by atoms with Gasteiger partial charge in [-0.1, -0.05) is 0 Å². The fourth-order valence-corrected chi connectivity index (χ4v) is 3.21. The molecule has 0 N–H and O–H groups in total. The number of halogens is 3. The zero-order chi connectivity index (χ0) is 19.3. The maximum Gasteiger partial charge on any atom is 0.420 e. The lowest BCUT2D eigenvalue weighted by molar-refractivity contribution is -0.136. The van der Waals surface area contributed by atoms with Gasteiger partial charge in [-0.2, -0.15) is 13.2 Å². The van der Waals surface area contributed by atoms with Gasteiger partial charge in [0.2, 0.25) is 5.95 Å². The minimum absolute atomic E-state index is 0.222. The van der Waals surface area contributed by atoms with Crippen LogP contribution in [0.15, 0.2) is 67.3 Å². The van der Waals surface area contributed by atoms with E-state index in [-0.39, 0.29) is 5.65 Å². The van der Waals surface area contributed by atoms with Crippen molar-refractivity contribution in [1.82, 2.24) is 29.1 Å². The number of alkyl halides is 3. The molecule has 0 fully saturated rings. The molecule has 0 saturated heterocycles. The number of nitrogens with zero attached hydrogens (tertiary/aromatic N) is 6. The van der Waals surface area contributed by atoms with Crippen molar-refractivity contribution in [2.24, 2.45) is 0 Å². The third kappa shape index (κ3) is 2.51. The molecule has 0 aliphatic rings. The Bertz CT molecular complexity index is 1300. The van der Waals surface area contributed by atoms with E-state index in [0.29, 0.717) is 17.3 Å². The molecule has 0 saturated carbocycles. The second kappa shape index (κ2) is 5.88. The number of rotatable bonds is 2. The van der Waals surface area contributed by atoms with Gasteiger partial charge in [0.1, 0.15) is 5.56 Å². The molecule has 5 rings (SSSR count). The van der Waals surface area contributed by atoms with Crippen LogP contribution in [0.5, 0.6) is 0 Å². The van der Waals surface area contributed by atoms with Gasteiger partial charge in [0.05, 0.1) is 5.52 Å². The predicted molar refractivity (Wildman–Crippen MR) is 95.8 cm³/mol. The molecule has 0 unspecified atom stereocenters. The van der Waals surface area contributed by atoms with Crippen LogP contribution < -0.4 is 0 Å². The molecular formula is C19H11F3N6. The van der Waals surface area contributed by atoms with Crippen molar-refractivity contribution in [3.8, 4) is 17.3 Å². The Hall–Kier alpha value is -3.75. The van der Waals surface area contributed by atoms with Gasteiger partial charge in [-0.05, 0) is 42.5 Å². The van der Waals surface area contributed by atoms with E-state index in [2.05, 4.69) is 20.2 Å². The van der Waals surface area contributed by atoms with Crippen LogP contribution in [-0.4, -0.2) is 29.1 Å². The molecular weight excluding hydrogens is 369 g/mol. The van der Waals surface area contributed by atoms with Crippen LogP contribution in [0, 0.1) is 0 Å². The second-order valence-electron chi connectivity index (χ2n) is 6.14. The number of hydrogen-bond donors (Lipinski definition) is 0. The van der Waals surface area contributed by atoms with E-state index in [0.717, 1.165) is 17.0 Å². The molecule has 138 valence electrons. The van der Waals surface area contributed by atoms with Crippen molar-refractivity contribution < 1.29 is 13.2 Å². The van der Waals surface area contributed by atoms with E-state index >= 15 is 0 Å². The van der Waals surface area contributed by atoms with Crippen molar-refractivity contribution in [1.29, 1.82) is 0 Å². The number of benzene rings is 1. The first kappa shape index (κ1) is 16.4. The van der Waals surface area contributed by atoms with Crippen LogP contribution in [0.4, 0.5) is 13.2 Å². The summed E-state index contributed by atoms with van der Waals surface area (Å²) in [5.74, 6) is 0.875. The third-order valence-corrected chi connectivity index (χ3v) is 4.46. The first-order chi connectivity index (χ1) is 13.5. The monoisotopic (exact) mass is 380 g/mol. The average molecular weight is 380 g/mol. The van der Waals surface area contributed by atoms with Crippen molar-refractivity contribution >= 4 is 16.6 Å². The molecule has 0 spiro atoms. The molecule has 0 aliphatic heterocycles. The molecule has 6 nitrogen and oxygen atoms in total. The van der Waals surface area contributed by atoms with Crippen molar-refractivity contribution in [2.75, 3.05) is 0 Å². The third-order valence-electron chi connectivity index (χ3n) is 4.46. The molecule has 0 aliphatic carbocycles. The van der Waals surface area contributed by atoms with Crippen LogP contribution in [-0.2, 0) is 6.18 Å². The molecule has 28 heavy (non-hydrogen) atoms. The van der Waals surface area contributed by atoms with Gasteiger partial charge in [0, 0.05) is 35.7 Å². The lowest BCUT2D eigenvalue weighted by Gasteiger charge is -2.08. The van der Waals surface area contributed by atoms with Gasteiger partial charge >= 0.3 is 6.18 Å². The van der Waals surface area contributed by atoms with E-state index in [1.54, 1.807) is 24.5 Å². The summed E-state index contributed by atoms with van der Waals surface area (Å²) in [5, 5.41) is 8.64. The summed E-state index contributed by atoms with van der Waals surface area (Å²) in [6, 6.07) is 11.5. The van der Waals surface area contributed by atoms with E-state index in [1.165, 1.54) is 16.7 Å². The van der Waals surface area contributed by atoms with Crippen LogP contribution in [0.1, 0.15) is 5.56 Å². The van der Waals surface area contributed by atoms with E-state index in [4.69, 9.17) is 0 Å². The number of hydrogen-bond acceptors (Lipinski definition) is 4. The number of pyridine rings is 1. The van der Waals surface area contributed by atoms with Gasteiger partial charge in [-0.25, -0.2) is 9.97 Å². The van der Waals surface area contributed by atoms with E-state index in [1.807, 2.05) is 29.0 Å². The Morgan fingerprint density at radius 2 is 1.68 bits per heavy atom. The van der Waals surface area contributed by atoms with Crippen LogP contribution in [0.2, 0.25) is 0 Å². The second-order valence-corrected chi connectivity index (χ2v) is 6.14. The first-order valence-electron chi connectivity index (χ1n) is 8.32. The van der Waals surface area contributed by atoms with Crippen molar-refractivity contribution in [3.63, 3.8) is 0 Å². The lowest BCUT2D eigenvalue weighted by Crippen LogP contribution is -2.07. The Kier molecular flexibility index (Phi) is 3.45. The van der Waals surface area contributed by atoms with Crippen LogP contribution in [0.25, 0.3) is 33.9 Å². The number of fused-ring (bicyclic) bond motifs is 2. The highest BCUT2D eigenvalue weighted by Gasteiger charge is 2.34. The largest absolute Gasteiger partial charge is 0.420 e. The predicted octanol–water partition coefficient (Wildman–Crippen LogP) is 4.15. The zero-order valence-electron chi connectivity index (χ0n) is 14.2. The zero-order valence-corrected chi connectivity index (χ0v) is 14.2. The fourth-order valence-electron chi connectivity index (χ4n) is 3.21. The summed E-state index contributed by atoms with van der Waals surface area (Å²) in [4.78, 5) is 8.47. The summed E-state index contributed by atoms with van der Waals surface area (Å²) in [6.45, 7) is 0. The normalized spacial score (nSPS) is 12.1. The fraction of sp³-hybridized carbons (Fsp3) is 0.0526. The number of aromatic nitrogens is 6. The smallest absolute Gasteiger partial charge is 0.285 e. The molecule has 4 heterocycles. The molecule has 1 aromatic carbocycles. The Labute approximate surface area is 155 Å². The Morgan fingerprint density at radius 3 is 2.46 bits per heavy atom. The molecule has 0 bridgehead atoms. The highest BCUT2D eigenvalue weighted by atomic mass is 19.4. The maximum atomic E-state index is 13.2.